The number of imide groups is 1. The van der Waals surface area contributed by atoms with Crippen molar-refractivity contribution < 1.29 is 14.5 Å². The van der Waals surface area contributed by atoms with E-state index in [2.05, 4.69) is 11.8 Å². The Hall–Kier alpha value is -2.77. The van der Waals surface area contributed by atoms with E-state index in [1.54, 1.807) is 0 Å². The number of amides is 2. The Labute approximate surface area is 186 Å². The van der Waals surface area contributed by atoms with Crippen LogP contribution in [0.4, 0.5) is 5.69 Å². The van der Waals surface area contributed by atoms with Crippen LogP contribution >= 0.6 is 11.6 Å². The number of carbonyl (C=O) groups excluding carboxylic acids is 2. The van der Waals surface area contributed by atoms with Crippen molar-refractivity contribution in [2.45, 2.75) is 32.6 Å². The summed E-state index contributed by atoms with van der Waals surface area (Å²) in [5, 5.41) is 11.7. The average Bonchev–Trinajstić information content (AvgIpc) is 3.00. The smallest absolute Gasteiger partial charge is 0.270 e. The summed E-state index contributed by atoms with van der Waals surface area (Å²) in [4.78, 5) is 38.9. The molecule has 0 spiro atoms. The molecule has 0 bridgehead atoms. The molecule has 31 heavy (non-hydrogen) atoms. The molecule has 0 fully saturated rings. The maximum atomic E-state index is 12.5. The molecule has 0 unspecified atom stereocenters. The van der Waals surface area contributed by atoms with Gasteiger partial charge in [-0.1, -0.05) is 37.1 Å². The van der Waals surface area contributed by atoms with Crippen LogP contribution in [0, 0.1) is 10.1 Å². The Morgan fingerprint density at radius 2 is 1.68 bits per heavy atom. The van der Waals surface area contributed by atoms with Gasteiger partial charge in [0, 0.05) is 30.2 Å². The van der Waals surface area contributed by atoms with E-state index in [1.807, 2.05) is 24.3 Å². The van der Waals surface area contributed by atoms with Gasteiger partial charge in [0.25, 0.3) is 17.5 Å². The molecule has 1 heterocycles. The third-order valence-electron chi connectivity index (χ3n) is 5.60. The van der Waals surface area contributed by atoms with Gasteiger partial charge < -0.3 is 4.90 Å². The summed E-state index contributed by atoms with van der Waals surface area (Å²) >= 11 is 5.93. The number of nitro benzene ring substituents is 1. The van der Waals surface area contributed by atoms with Gasteiger partial charge in [-0.25, -0.2) is 0 Å². The van der Waals surface area contributed by atoms with E-state index in [9.17, 15) is 19.7 Å². The summed E-state index contributed by atoms with van der Waals surface area (Å²) in [7, 11) is 0. The molecule has 1 aliphatic heterocycles. The number of unbranched alkanes of at least 4 members (excludes halogenated alkanes) is 2. The molecule has 2 amide bonds. The number of halogens is 1. The van der Waals surface area contributed by atoms with Crippen molar-refractivity contribution in [3.63, 3.8) is 0 Å². The highest BCUT2D eigenvalue weighted by Gasteiger charge is 2.36. The first-order chi connectivity index (χ1) is 14.9. The minimum atomic E-state index is -0.562. The lowest BCUT2D eigenvalue weighted by Crippen LogP contribution is -2.31. The predicted molar refractivity (Wildman–Crippen MR) is 120 cm³/mol. The number of hydrogen-bond donors (Lipinski definition) is 0. The van der Waals surface area contributed by atoms with Gasteiger partial charge in [-0.3, -0.25) is 24.6 Å². The minimum absolute atomic E-state index is 0.124. The van der Waals surface area contributed by atoms with Crippen LogP contribution in [0.2, 0.25) is 5.02 Å². The fourth-order valence-corrected chi connectivity index (χ4v) is 3.87. The molecule has 164 valence electrons. The Morgan fingerprint density at radius 1 is 0.968 bits per heavy atom. The zero-order valence-electron chi connectivity index (χ0n) is 17.6. The largest absolute Gasteiger partial charge is 0.303 e. The monoisotopic (exact) mass is 443 g/mol. The summed E-state index contributed by atoms with van der Waals surface area (Å²) in [5.41, 5.74) is 1.45. The number of hydrogen-bond acceptors (Lipinski definition) is 5. The van der Waals surface area contributed by atoms with Gasteiger partial charge in [-0.05, 0) is 56.1 Å². The van der Waals surface area contributed by atoms with Crippen molar-refractivity contribution in [2.75, 3.05) is 26.2 Å². The van der Waals surface area contributed by atoms with E-state index in [4.69, 9.17) is 11.6 Å². The van der Waals surface area contributed by atoms with E-state index >= 15 is 0 Å². The average molecular weight is 444 g/mol. The van der Waals surface area contributed by atoms with Crippen LogP contribution in [0.25, 0.3) is 0 Å². The molecular formula is C23H26ClN3O4. The Bertz CT molecular complexity index is 962. The number of likely N-dealkylation sites (N-methyl/N-ethyl adjacent to an activating group) is 1. The number of fused-ring (bicyclic) bond motifs is 1. The summed E-state index contributed by atoms with van der Waals surface area (Å²) in [6, 6.07) is 11.7. The van der Waals surface area contributed by atoms with Gasteiger partial charge >= 0.3 is 0 Å². The van der Waals surface area contributed by atoms with Crippen LogP contribution in [0.1, 0.15) is 52.5 Å². The molecule has 2 aromatic rings. The van der Waals surface area contributed by atoms with Gasteiger partial charge in [0.15, 0.2) is 0 Å². The van der Waals surface area contributed by atoms with Crippen LogP contribution in [-0.4, -0.2) is 52.7 Å². The van der Waals surface area contributed by atoms with Crippen molar-refractivity contribution in [1.29, 1.82) is 0 Å². The summed E-state index contributed by atoms with van der Waals surface area (Å²) in [6.07, 6.45) is 3.54. The first-order valence-electron chi connectivity index (χ1n) is 10.5. The Kier molecular flexibility index (Phi) is 7.76. The summed E-state index contributed by atoms with van der Waals surface area (Å²) < 4.78 is 0. The maximum Gasteiger partial charge on any atom is 0.270 e. The molecule has 3 rings (SSSR count). The highest BCUT2D eigenvalue weighted by Crippen LogP contribution is 2.27. The van der Waals surface area contributed by atoms with Crippen LogP contribution < -0.4 is 0 Å². The lowest BCUT2D eigenvalue weighted by Gasteiger charge is -2.20. The van der Waals surface area contributed by atoms with Gasteiger partial charge in [-0.15, -0.1) is 0 Å². The first kappa shape index (κ1) is 22.9. The van der Waals surface area contributed by atoms with Gasteiger partial charge in [0.05, 0.1) is 16.1 Å². The fourth-order valence-electron chi connectivity index (χ4n) is 3.74. The number of nitrogens with zero attached hydrogens (tertiary/aromatic N) is 3. The molecular weight excluding hydrogens is 418 g/mol. The molecule has 2 aromatic carbocycles. The molecule has 0 radical (unpaired) electrons. The second-order valence-corrected chi connectivity index (χ2v) is 8.06. The standard InChI is InChI=1S/C23H26ClN3O4/c1-2-25(15-12-17-6-8-18(24)9-7-17)13-4-3-5-14-26-22(28)20-11-10-19(27(30)31)16-21(20)23(26)29/h6-11,16H,2-5,12-15H2,1H3. The zero-order valence-corrected chi connectivity index (χ0v) is 18.3. The van der Waals surface area contributed by atoms with Gasteiger partial charge in [0.2, 0.25) is 0 Å². The van der Waals surface area contributed by atoms with Crippen molar-refractivity contribution in [3.8, 4) is 0 Å². The highest BCUT2D eigenvalue weighted by molar-refractivity contribution is 6.30. The minimum Gasteiger partial charge on any atom is -0.303 e. The molecule has 0 aliphatic carbocycles. The van der Waals surface area contributed by atoms with E-state index in [0.717, 1.165) is 43.9 Å². The van der Waals surface area contributed by atoms with Crippen LogP contribution in [0.15, 0.2) is 42.5 Å². The Morgan fingerprint density at radius 3 is 2.35 bits per heavy atom. The third-order valence-corrected chi connectivity index (χ3v) is 5.85. The number of rotatable bonds is 11. The fraction of sp³-hybridized carbons (Fsp3) is 0.391. The lowest BCUT2D eigenvalue weighted by molar-refractivity contribution is -0.384. The number of carbonyl (C=O) groups is 2. The lowest BCUT2D eigenvalue weighted by atomic mass is 10.1. The van der Waals surface area contributed by atoms with Crippen LogP contribution in [0.5, 0.6) is 0 Å². The highest BCUT2D eigenvalue weighted by atomic mass is 35.5. The number of nitro groups is 1. The van der Waals surface area contributed by atoms with Crippen molar-refractivity contribution >= 4 is 29.1 Å². The molecule has 8 heteroatoms. The van der Waals surface area contributed by atoms with Gasteiger partial charge in [-0.2, -0.15) is 0 Å². The third kappa shape index (κ3) is 5.68. The SMILES string of the molecule is CCN(CCCCCN1C(=O)c2ccc([N+](=O)[O-])cc2C1=O)CCc1ccc(Cl)cc1. The molecule has 7 nitrogen and oxygen atoms in total. The summed E-state index contributed by atoms with van der Waals surface area (Å²) in [5.74, 6) is -0.810. The molecule has 0 saturated heterocycles. The Balaban J connectivity index is 1.41. The molecule has 0 N–H and O–H groups in total. The zero-order chi connectivity index (χ0) is 22.4. The topological polar surface area (TPSA) is 83.8 Å². The molecule has 0 aromatic heterocycles. The van der Waals surface area contributed by atoms with Crippen molar-refractivity contribution in [3.05, 3.63) is 74.3 Å². The second-order valence-electron chi connectivity index (χ2n) is 7.62. The molecule has 0 saturated carbocycles. The summed E-state index contributed by atoms with van der Waals surface area (Å²) in [6.45, 7) is 5.36. The van der Waals surface area contributed by atoms with Crippen LogP contribution in [0.3, 0.4) is 0 Å². The normalized spacial score (nSPS) is 13.2. The first-order valence-corrected chi connectivity index (χ1v) is 10.9. The van der Waals surface area contributed by atoms with E-state index in [-0.39, 0.29) is 22.7 Å². The molecule has 1 aliphatic rings. The van der Waals surface area contributed by atoms with E-state index in [0.29, 0.717) is 13.0 Å². The second kappa shape index (κ2) is 10.5. The molecule has 0 atom stereocenters. The van der Waals surface area contributed by atoms with E-state index in [1.165, 1.54) is 28.7 Å². The van der Waals surface area contributed by atoms with Crippen molar-refractivity contribution in [1.82, 2.24) is 9.80 Å². The van der Waals surface area contributed by atoms with Crippen LogP contribution in [-0.2, 0) is 6.42 Å². The van der Waals surface area contributed by atoms with E-state index < -0.39 is 10.8 Å². The van der Waals surface area contributed by atoms with Gasteiger partial charge in [0.1, 0.15) is 0 Å². The predicted octanol–water partition coefficient (Wildman–Crippen LogP) is 4.58. The van der Waals surface area contributed by atoms with Crippen molar-refractivity contribution in [2.24, 2.45) is 0 Å². The number of non-ortho nitro benzene ring substituents is 1. The quantitative estimate of drug-likeness (QED) is 0.220. The number of benzene rings is 2. The maximum absolute atomic E-state index is 12.5.